The first kappa shape index (κ1) is 25.2. The molecule has 0 aromatic heterocycles. The van der Waals surface area contributed by atoms with Gasteiger partial charge in [-0.3, -0.25) is 4.79 Å². The summed E-state index contributed by atoms with van der Waals surface area (Å²) in [5.74, 6) is 3.27. The van der Waals surface area contributed by atoms with E-state index in [0.29, 0.717) is 18.2 Å². The minimum absolute atomic E-state index is 0.186. The highest BCUT2D eigenvalue weighted by Crippen LogP contribution is 2.38. The maximum Gasteiger partial charge on any atom is 0.227 e. The molecule has 1 atom stereocenters. The van der Waals surface area contributed by atoms with Crippen LogP contribution in [0.4, 0.5) is 0 Å². The molecule has 0 saturated heterocycles. The van der Waals surface area contributed by atoms with Crippen LogP contribution in [0.25, 0.3) is 0 Å². The van der Waals surface area contributed by atoms with Crippen LogP contribution in [0.1, 0.15) is 35.1 Å². The monoisotopic (exact) mass is 482 g/mol. The molecule has 0 bridgehead atoms. The topological polar surface area (TPSA) is 60.5 Å². The van der Waals surface area contributed by atoms with Gasteiger partial charge < -0.3 is 28.7 Å². The van der Waals surface area contributed by atoms with Crippen molar-refractivity contribution in [1.29, 1.82) is 0 Å². The largest absolute Gasteiger partial charge is 0.493 e. The summed E-state index contributed by atoms with van der Waals surface area (Å²) < 4.78 is 22.0. The van der Waals surface area contributed by atoms with Gasteiger partial charge in [-0.2, -0.15) is 0 Å². The Bertz CT molecular complexity index is 1050. The Hall–Kier alpha value is -2.93. The van der Waals surface area contributed by atoms with Gasteiger partial charge in [0, 0.05) is 24.7 Å². The molecule has 0 saturated carbocycles. The van der Waals surface area contributed by atoms with Crippen LogP contribution in [0.5, 0.6) is 23.0 Å². The molecule has 1 aliphatic heterocycles. The molecule has 1 amide bonds. The Balaban J connectivity index is 1.32. The van der Waals surface area contributed by atoms with E-state index in [1.165, 1.54) is 16.7 Å². The number of fused-ring (bicyclic) bond motifs is 2. The molecule has 2 aromatic rings. The summed E-state index contributed by atoms with van der Waals surface area (Å²) in [6, 6.07) is 8.64. The van der Waals surface area contributed by atoms with E-state index in [-0.39, 0.29) is 5.91 Å². The van der Waals surface area contributed by atoms with Gasteiger partial charge in [0.05, 0.1) is 34.9 Å². The van der Waals surface area contributed by atoms with E-state index in [9.17, 15) is 4.79 Å². The Morgan fingerprint density at radius 2 is 1.63 bits per heavy atom. The van der Waals surface area contributed by atoms with Crippen LogP contribution in [0.3, 0.4) is 0 Å². The van der Waals surface area contributed by atoms with Crippen LogP contribution in [0.2, 0.25) is 0 Å². The number of rotatable bonds is 9. The zero-order chi connectivity index (χ0) is 24.9. The summed E-state index contributed by atoms with van der Waals surface area (Å²) in [7, 11) is 8.88. The second-order valence-corrected chi connectivity index (χ2v) is 9.45. The number of amides is 1. The average Bonchev–Trinajstić information content (AvgIpc) is 3.04. The third-order valence-corrected chi connectivity index (χ3v) is 7.54. The van der Waals surface area contributed by atoms with Gasteiger partial charge in [-0.1, -0.05) is 6.07 Å². The lowest BCUT2D eigenvalue weighted by Crippen LogP contribution is -2.39. The van der Waals surface area contributed by atoms with Crippen molar-refractivity contribution in [2.45, 2.75) is 44.6 Å². The number of hydrogen-bond acceptors (Lipinski definition) is 6. The van der Waals surface area contributed by atoms with Crippen molar-refractivity contribution in [2.24, 2.45) is 0 Å². The first-order chi connectivity index (χ1) is 17.0. The highest BCUT2D eigenvalue weighted by atomic mass is 16.5. The molecule has 1 heterocycles. The number of carbonyl (C=O) groups excluding carboxylic acids is 1. The molecule has 2 aliphatic rings. The van der Waals surface area contributed by atoms with Gasteiger partial charge in [-0.05, 0) is 80.6 Å². The minimum atomic E-state index is 0.186. The van der Waals surface area contributed by atoms with Gasteiger partial charge >= 0.3 is 0 Å². The van der Waals surface area contributed by atoms with Crippen molar-refractivity contribution in [1.82, 2.24) is 9.80 Å². The second kappa shape index (κ2) is 11.2. The van der Waals surface area contributed by atoms with Crippen LogP contribution < -0.4 is 18.9 Å². The van der Waals surface area contributed by atoms with Crippen molar-refractivity contribution in [2.75, 3.05) is 55.1 Å². The van der Waals surface area contributed by atoms with E-state index >= 15 is 0 Å². The molecular formula is C28H38N2O5. The standard InChI is InChI=1S/C28H38N2O5/c1-29(22-8-9-23-20(15-22)7-10-24(32-2)28(23)35-5)12-6-13-30-14-11-19-16-25(33-3)26(34-4)17-21(19)18-27(30)31/h7,10,16-17,22H,6,8-9,11-15,18H2,1-5H3. The van der Waals surface area contributed by atoms with Crippen LogP contribution >= 0.6 is 0 Å². The van der Waals surface area contributed by atoms with Gasteiger partial charge in [0.1, 0.15) is 0 Å². The lowest BCUT2D eigenvalue weighted by atomic mass is 9.86. The quantitative estimate of drug-likeness (QED) is 0.545. The number of hydrogen-bond donors (Lipinski definition) is 0. The fourth-order valence-corrected chi connectivity index (χ4v) is 5.49. The second-order valence-electron chi connectivity index (χ2n) is 9.45. The average molecular weight is 483 g/mol. The maximum atomic E-state index is 13.0. The summed E-state index contributed by atoms with van der Waals surface area (Å²) in [5, 5.41) is 0. The Morgan fingerprint density at radius 1 is 0.914 bits per heavy atom. The predicted octanol–water partition coefficient (Wildman–Crippen LogP) is 3.53. The Morgan fingerprint density at radius 3 is 2.31 bits per heavy atom. The first-order valence-electron chi connectivity index (χ1n) is 12.4. The number of nitrogens with zero attached hydrogens (tertiary/aromatic N) is 2. The van der Waals surface area contributed by atoms with E-state index in [1.807, 2.05) is 23.1 Å². The fourth-order valence-electron chi connectivity index (χ4n) is 5.49. The molecule has 0 N–H and O–H groups in total. The van der Waals surface area contributed by atoms with Gasteiger partial charge in [-0.25, -0.2) is 0 Å². The molecule has 7 nitrogen and oxygen atoms in total. The molecular weight excluding hydrogens is 444 g/mol. The third-order valence-electron chi connectivity index (χ3n) is 7.54. The Kier molecular flexibility index (Phi) is 8.06. The molecule has 1 unspecified atom stereocenters. The molecule has 1 aliphatic carbocycles. The van der Waals surface area contributed by atoms with E-state index in [2.05, 4.69) is 18.0 Å². The predicted molar refractivity (Wildman–Crippen MR) is 136 cm³/mol. The minimum Gasteiger partial charge on any atom is -0.493 e. The lowest BCUT2D eigenvalue weighted by molar-refractivity contribution is -0.130. The molecule has 190 valence electrons. The molecule has 35 heavy (non-hydrogen) atoms. The van der Waals surface area contributed by atoms with Crippen LogP contribution in [0, 0.1) is 0 Å². The molecule has 0 radical (unpaired) electrons. The van der Waals surface area contributed by atoms with Crippen molar-refractivity contribution in [3.8, 4) is 23.0 Å². The number of methoxy groups -OCH3 is 4. The van der Waals surface area contributed by atoms with Crippen molar-refractivity contribution >= 4 is 5.91 Å². The number of benzene rings is 2. The zero-order valence-electron chi connectivity index (χ0n) is 21.7. The van der Waals surface area contributed by atoms with E-state index in [0.717, 1.165) is 74.6 Å². The maximum absolute atomic E-state index is 13.0. The molecule has 4 rings (SSSR count). The molecule has 0 spiro atoms. The van der Waals surface area contributed by atoms with Crippen LogP contribution in [-0.2, 0) is 30.5 Å². The fraction of sp³-hybridized carbons (Fsp3) is 0.536. The smallest absolute Gasteiger partial charge is 0.227 e. The van der Waals surface area contributed by atoms with Gasteiger partial charge in [0.25, 0.3) is 0 Å². The molecule has 2 aromatic carbocycles. The van der Waals surface area contributed by atoms with E-state index in [1.54, 1.807) is 28.4 Å². The van der Waals surface area contributed by atoms with E-state index in [4.69, 9.17) is 18.9 Å². The van der Waals surface area contributed by atoms with Gasteiger partial charge in [-0.15, -0.1) is 0 Å². The highest BCUT2D eigenvalue weighted by Gasteiger charge is 2.27. The SMILES string of the molecule is COc1cc2c(cc1OC)CC(=O)N(CCCN(C)C1CCc3c(ccc(OC)c3OC)C1)CC2. The number of likely N-dealkylation sites (N-methyl/N-ethyl adjacent to an activating group) is 1. The number of carbonyl (C=O) groups is 1. The highest BCUT2D eigenvalue weighted by molar-refractivity contribution is 5.80. The van der Waals surface area contributed by atoms with Crippen LogP contribution in [-0.4, -0.2) is 76.9 Å². The Labute approximate surface area is 208 Å². The zero-order valence-corrected chi connectivity index (χ0v) is 21.7. The summed E-state index contributed by atoms with van der Waals surface area (Å²) in [6.07, 6.45) is 5.29. The third kappa shape index (κ3) is 5.35. The summed E-state index contributed by atoms with van der Waals surface area (Å²) in [6.45, 7) is 2.48. The van der Waals surface area contributed by atoms with Gasteiger partial charge in [0.2, 0.25) is 5.91 Å². The summed E-state index contributed by atoms with van der Waals surface area (Å²) >= 11 is 0. The number of ether oxygens (including phenoxy) is 4. The molecule has 7 heteroatoms. The first-order valence-corrected chi connectivity index (χ1v) is 12.4. The molecule has 0 fully saturated rings. The van der Waals surface area contributed by atoms with E-state index < -0.39 is 0 Å². The normalized spacial score (nSPS) is 17.5. The van der Waals surface area contributed by atoms with Gasteiger partial charge in [0.15, 0.2) is 23.0 Å². The summed E-state index contributed by atoms with van der Waals surface area (Å²) in [4.78, 5) is 17.4. The van der Waals surface area contributed by atoms with Crippen LogP contribution in [0.15, 0.2) is 24.3 Å². The van der Waals surface area contributed by atoms with Crippen molar-refractivity contribution in [3.63, 3.8) is 0 Å². The van der Waals surface area contributed by atoms with Crippen molar-refractivity contribution < 1.29 is 23.7 Å². The lowest BCUT2D eigenvalue weighted by Gasteiger charge is -2.34. The van der Waals surface area contributed by atoms with Crippen molar-refractivity contribution in [3.05, 3.63) is 46.5 Å². The summed E-state index contributed by atoms with van der Waals surface area (Å²) in [5.41, 5.74) is 4.83.